The fourth-order valence-corrected chi connectivity index (χ4v) is 2.71. The van der Waals surface area contributed by atoms with Gasteiger partial charge in [0.25, 0.3) is 0 Å². The lowest BCUT2D eigenvalue weighted by molar-refractivity contribution is -0.313. The van der Waals surface area contributed by atoms with Gasteiger partial charge in [-0.05, 0) is 17.7 Å². The molecule has 1 aromatic heterocycles. The zero-order valence-electron chi connectivity index (χ0n) is 10.6. The van der Waals surface area contributed by atoms with Crippen molar-refractivity contribution < 1.29 is 19.4 Å². The molecule has 0 spiro atoms. The smallest absolute Gasteiger partial charge is 0.227 e. The van der Waals surface area contributed by atoms with Crippen LogP contribution in [-0.4, -0.2) is 29.1 Å². The first kappa shape index (κ1) is 12.8. The minimum absolute atomic E-state index is 0.326. The molecule has 2 bridgehead atoms. The van der Waals surface area contributed by atoms with Crippen LogP contribution in [0.2, 0.25) is 0 Å². The highest BCUT2D eigenvalue weighted by Crippen LogP contribution is 2.38. The van der Waals surface area contributed by atoms with Crippen molar-refractivity contribution in [2.45, 2.75) is 18.8 Å². The number of carbonyl (C=O) groups excluding carboxylic acids is 2. The quantitative estimate of drug-likeness (QED) is 0.712. The van der Waals surface area contributed by atoms with E-state index in [9.17, 15) is 14.7 Å². The summed E-state index contributed by atoms with van der Waals surface area (Å²) in [5.41, 5.74) is 0.901. The van der Waals surface area contributed by atoms with Crippen molar-refractivity contribution in [3.63, 3.8) is 0 Å². The van der Waals surface area contributed by atoms with Gasteiger partial charge in [-0.2, -0.15) is 0 Å². The third-order valence-electron chi connectivity index (χ3n) is 3.69. The number of amides is 1. The Bertz CT molecular complexity index is 558. The van der Waals surface area contributed by atoms with Crippen LogP contribution in [0.5, 0.6) is 0 Å². The SMILES string of the molecule is O=C([O-])[C@@H]1[C@H](C(=O)NCc2ccncc2)[C@@H]2C=C[C@H]1O2. The van der Waals surface area contributed by atoms with Crippen LogP contribution in [0.25, 0.3) is 0 Å². The number of carboxylic acid groups (broad SMARTS) is 1. The summed E-state index contributed by atoms with van der Waals surface area (Å²) < 4.78 is 5.43. The first-order valence-electron chi connectivity index (χ1n) is 6.38. The topological polar surface area (TPSA) is 91.3 Å². The van der Waals surface area contributed by atoms with E-state index in [1.54, 1.807) is 36.7 Å². The summed E-state index contributed by atoms with van der Waals surface area (Å²) in [7, 11) is 0. The van der Waals surface area contributed by atoms with E-state index in [0.29, 0.717) is 6.54 Å². The molecule has 2 aliphatic rings. The molecule has 1 N–H and O–H groups in total. The summed E-state index contributed by atoms with van der Waals surface area (Å²) in [6.07, 6.45) is 5.66. The maximum absolute atomic E-state index is 12.2. The van der Waals surface area contributed by atoms with Gasteiger partial charge in [-0.3, -0.25) is 9.78 Å². The van der Waals surface area contributed by atoms with Gasteiger partial charge in [0, 0.05) is 30.8 Å². The van der Waals surface area contributed by atoms with E-state index in [4.69, 9.17) is 4.74 Å². The van der Waals surface area contributed by atoms with Crippen LogP contribution < -0.4 is 10.4 Å². The predicted octanol–water partition coefficient (Wildman–Crippen LogP) is -0.983. The van der Waals surface area contributed by atoms with Crippen molar-refractivity contribution in [1.29, 1.82) is 0 Å². The zero-order valence-corrected chi connectivity index (χ0v) is 10.6. The van der Waals surface area contributed by atoms with Gasteiger partial charge >= 0.3 is 0 Å². The van der Waals surface area contributed by atoms with E-state index in [2.05, 4.69) is 10.3 Å². The van der Waals surface area contributed by atoms with Crippen molar-refractivity contribution in [3.8, 4) is 0 Å². The summed E-state index contributed by atoms with van der Waals surface area (Å²) in [6, 6.07) is 3.57. The van der Waals surface area contributed by atoms with Gasteiger partial charge in [0.2, 0.25) is 5.91 Å². The van der Waals surface area contributed by atoms with Crippen LogP contribution in [0.1, 0.15) is 5.56 Å². The predicted molar refractivity (Wildman–Crippen MR) is 65.9 cm³/mol. The molecule has 1 saturated heterocycles. The first-order chi connectivity index (χ1) is 9.66. The van der Waals surface area contributed by atoms with Gasteiger partial charge in [0.05, 0.1) is 18.1 Å². The summed E-state index contributed by atoms with van der Waals surface area (Å²) in [5.74, 6) is -3.21. The van der Waals surface area contributed by atoms with Crippen LogP contribution in [0, 0.1) is 11.8 Å². The van der Waals surface area contributed by atoms with Crippen LogP contribution in [0.4, 0.5) is 0 Å². The lowest BCUT2D eigenvalue weighted by atomic mass is 9.82. The number of hydrogen-bond donors (Lipinski definition) is 1. The Morgan fingerprint density at radius 3 is 2.50 bits per heavy atom. The molecule has 3 heterocycles. The molecule has 0 saturated carbocycles. The van der Waals surface area contributed by atoms with Crippen LogP contribution >= 0.6 is 0 Å². The number of aliphatic carboxylic acids is 1. The fraction of sp³-hybridized carbons (Fsp3) is 0.357. The highest BCUT2D eigenvalue weighted by atomic mass is 16.5. The Hall–Kier alpha value is -2.21. The first-order valence-corrected chi connectivity index (χ1v) is 6.38. The van der Waals surface area contributed by atoms with Crippen LogP contribution in [-0.2, 0) is 20.9 Å². The Morgan fingerprint density at radius 2 is 1.85 bits per heavy atom. The Balaban J connectivity index is 1.68. The molecule has 0 radical (unpaired) electrons. The van der Waals surface area contributed by atoms with Gasteiger partial charge in [-0.1, -0.05) is 12.2 Å². The molecule has 1 aromatic rings. The van der Waals surface area contributed by atoms with E-state index in [1.165, 1.54) is 0 Å². The molecule has 6 nitrogen and oxygen atoms in total. The summed E-state index contributed by atoms with van der Waals surface area (Å²) >= 11 is 0. The standard InChI is InChI=1S/C14H14N2O4/c17-13(16-7-8-3-5-15-6-4-8)11-9-1-2-10(20-9)12(11)14(18)19/h1-6,9-12H,7H2,(H,16,17)(H,18,19)/p-1/t9-,10+,11+,12-/m0/s1. The van der Waals surface area contributed by atoms with Crippen molar-refractivity contribution in [2.24, 2.45) is 11.8 Å². The zero-order chi connectivity index (χ0) is 14.1. The van der Waals surface area contributed by atoms with E-state index in [0.717, 1.165) is 5.56 Å². The molecule has 2 aliphatic heterocycles. The second-order valence-electron chi connectivity index (χ2n) is 4.89. The number of aromatic nitrogens is 1. The molecule has 4 atom stereocenters. The minimum Gasteiger partial charge on any atom is -0.550 e. The number of nitrogens with zero attached hydrogens (tertiary/aromatic N) is 1. The molecule has 1 amide bonds. The number of pyridine rings is 1. The molecule has 20 heavy (non-hydrogen) atoms. The monoisotopic (exact) mass is 273 g/mol. The van der Waals surface area contributed by atoms with Crippen molar-refractivity contribution >= 4 is 11.9 Å². The molecule has 0 aromatic carbocycles. The van der Waals surface area contributed by atoms with Crippen LogP contribution in [0.15, 0.2) is 36.7 Å². The van der Waals surface area contributed by atoms with Gasteiger partial charge in [0.15, 0.2) is 0 Å². The number of carbonyl (C=O) groups is 2. The van der Waals surface area contributed by atoms with Crippen molar-refractivity contribution in [1.82, 2.24) is 10.3 Å². The maximum atomic E-state index is 12.2. The number of fused-ring (bicyclic) bond motifs is 2. The number of ether oxygens (including phenoxy) is 1. The largest absolute Gasteiger partial charge is 0.550 e. The molecular weight excluding hydrogens is 260 g/mol. The van der Waals surface area contributed by atoms with Gasteiger partial charge < -0.3 is 20.0 Å². The summed E-state index contributed by atoms with van der Waals surface area (Å²) in [5, 5.41) is 13.9. The van der Waals surface area contributed by atoms with Gasteiger partial charge in [0.1, 0.15) is 0 Å². The lowest BCUT2D eigenvalue weighted by Crippen LogP contribution is -2.46. The van der Waals surface area contributed by atoms with E-state index >= 15 is 0 Å². The second kappa shape index (κ2) is 5.05. The normalized spacial score (nSPS) is 30.4. The molecular formula is C14H13N2O4-. The third kappa shape index (κ3) is 2.18. The lowest BCUT2D eigenvalue weighted by Gasteiger charge is -2.24. The van der Waals surface area contributed by atoms with E-state index in [-0.39, 0.29) is 5.91 Å². The van der Waals surface area contributed by atoms with Crippen LogP contribution in [0.3, 0.4) is 0 Å². The Morgan fingerprint density at radius 1 is 1.20 bits per heavy atom. The molecule has 6 heteroatoms. The third-order valence-corrected chi connectivity index (χ3v) is 3.69. The Labute approximate surface area is 115 Å². The number of hydrogen-bond acceptors (Lipinski definition) is 5. The number of carboxylic acids is 1. The summed E-state index contributed by atoms with van der Waals surface area (Å²) in [4.78, 5) is 27.2. The van der Waals surface area contributed by atoms with Gasteiger partial charge in [-0.15, -0.1) is 0 Å². The highest BCUT2D eigenvalue weighted by molar-refractivity contribution is 5.86. The van der Waals surface area contributed by atoms with E-state index < -0.39 is 30.0 Å². The molecule has 0 unspecified atom stereocenters. The number of rotatable bonds is 4. The average Bonchev–Trinajstić information content (AvgIpc) is 3.06. The van der Waals surface area contributed by atoms with Gasteiger partial charge in [-0.25, -0.2) is 0 Å². The second-order valence-corrected chi connectivity index (χ2v) is 4.89. The molecule has 1 fully saturated rings. The summed E-state index contributed by atoms with van der Waals surface area (Å²) in [6.45, 7) is 0.332. The van der Waals surface area contributed by atoms with E-state index in [1.807, 2.05) is 0 Å². The molecule has 3 rings (SSSR count). The molecule has 104 valence electrons. The minimum atomic E-state index is -1.24. The maximum Gasteiger partial charge on any atom is 0.227 e. The van der Waals surface area contributed by atoms with Crippen molar-refractivity contribution in [2.75, 3.05) is 0 Å². The molecule has 0 aliphatic carbocycles. The fourth-order valence-electron chi connectivity index (χ4n) is 2.71. The number of nitrogens with one attached hydrogen (secondary N) is 1. The average molecular weight is 273 g/mol. The van der Waals surface area contributed by atoms with Crippen molar-refractivity contribution in [3.05, 3.63) is 42.2 Å². The Kier molecular flexibility index (Phi) is 3.23. The highest BCUT2D eigenvalue weighted by Gasteiger charge is 2.50.